The lowest BCUT2D eigenvalue weighted by molar-refractivity contribution is -0.123. The summed E-state index contributed by atoms with van der Waals surface area (Å²) in [6.45, 7) is 1.25. The molecule has 1 atom stereocenters. The molecule has 1 aromatic rings. The van der Waals surface area contributed by atoms with Crippen LogP contribution >= 0.6 is 0 Å². The number of nitrogens with zero attached hydrogens (tertiary/aromatic N) is 1. The maximum Gasteiger partial charge on any atom is 0.263 e. The van der Waals surface area contributed by atoms with Gasteiger partial charge in [-0.05, 0) is 13.0 Å². The van der Waals surface area contributed by atoms with Crippen LogP contribution in [0, 0.1) is 5.41 Å². The summed E-state index contributed by atoms with van der Waals surface area (Å²) in [4.78, 5) is 15.5. The van der Waals surface area contributed by atoms with E-state index >= 15 is 0 Å². The number of methoxy groups -OCH3 is 1. The van der Waals surface area contributed by atoms with Gasteiger partial charge in [-0.1, -0.05) is 0 Å². The molecule has 1 aliphatic rings. The summed E-state index contributed by atoms with van der Waals surface area (Å²) in [6, 6.07) is 3.09. The summed E-state index contributed by atoms with van der Waals surface area (Å²) >= 11 is 0. The standard InChI is InChI=1S/C11H12F2N2O2/c1-10(6-11(10,12)13)9(16)15-7-3-4-8(17-2)14-5-7/h3-5H,6H2,1-2H3,(H,15,16). The normalized spacial score (nSPS) is 25.2. The molecule has 4 nitrogen and oxygen atoms in total. The summed E-state index contributed by atoms with van der Waals surface area (Å²) in [5, 5.41) is 2.41. The Kier molecular flexibility index (Phi) is 2.52. The van der Waals surface area contributed by atoms with Crippen molar-refractivity contribution in [2.45, 2.75) is 19.3 Å². The quantitative estimate of drug-likeness (QED) is 0.882. The molecule has 1 heterocycles. The monoisotopic (exact) mass is 242 g/mol. The van der Waals surface area contributed by atoms with Gasteiger partial charge < -0.3 is 10.1 Å². The minimum atomic E-state index is -2.91. The molecule has 0 saturated heterocycles. The zero-order valence-corrected chi connectivity index (χ0v) is 9.46. The van der Waals surface area contributed by atoms with Gasteiger partial charge >= 0.3 is 0 Å². The van der Waals surface area contributed by atoms with Gasteiger partial charge in [0.2, 0.25) is 11.8 Å². The molecule has 0 aliphatic heterocycles. The minimum Gasteiger partial charge on any atom is -0.481 e. The molecule has 0 aromatic carbocycles. The van der Waals surface area contributed by atoms with Gasteiger partial charge in [-0.2, -0.15) is 0 Å². The first-order valence-electron chi connectivity index (χ1n) is 5.08. The molecule has 0 bridgehead atoms. The Morgan fingerprint density at radius 3 is 2.59 bits per heavy atom. The number of rotatable bonds is 3. The van der Waals surface area contributed by atoms with Crippen LogP contribution in [0.5, 0.6) is 5.88 Å². The average molecular weight is 242 g/mol. The Bertz CT molecular complexity index is 447. The van der Waals surface area contributed by atoms with Gasteiger partial charge in [0, 0.05) is 12.5 Å². The minimum absolute atomic E-state index is 0.375. The molecule has 92 valence electrons. The van der Waals surface area contributed by atoms with E-state index in [1.165, 1.54) is 20.2 Å². The van der Waals surface area contributed by atoms with E-state index in [0.29, 0.717) is 11.6 Å². The third-order valence-corrected chi connectivity index (χ3v) is 2.96. The Labute approximate surface area is 97.0 Å². The molecule has 1 fully saturated rings. The molecule has 17 heavy (non-hydrogen) atoms. The van der Waals surface area contributed by atoms with Gasteiger partial charge in [-0.25, -0.2) is 13.8 Å². The second-order valence-electron chi connectivity index (χ2n) is 4.26. The predicted octanol–water partition coefficient (Wildman–Crippen LogP) is 2.07. The van der Waals surface area contributed by atoms with Crippen molar-refractivity contribution in [1.82, 2.24) is 4.98 Å². The summed E-state index contributed by atoms with van der Waals surface area (Å²) in [5.74, 6) is -3.20. The van der Waals surface area contributed by atoms with Gasteiger partial charge in [0.05, 0.1) is 19.0 Å². The summed E-state index contributed by atoms with van der Waals surface area (Å²) in [5.41, 5.74) is -1.22. The number of ether oxygens (including phenoxy) is 1. The molecule has 1 unspecified atom stereocenters. The molecule has 1 amide bonds. The van der Waals surface area contributed by atoms with Gasteiger partial charge in [-0.15, -0.1) is 0 Å². The summed E-state index contributed by atoms with van der Waals surface area (Å²) in [7, 11) is 1.46. The first-order chi connectivity index (χ1) is 7.89. The number of halogens is 2. The van der Waals surface area contributed by atoms with Crippen LogP contribution in [-0.2, 0) is 4.79 Å². The number of hydrogen-bond donors (Lipinski definition) is 1. The van der Waals surface area contributed by atoms with E-state index in [-0.39, 0.29) is 0 Å². The Morgan fingerprint density at radius 1 is 1.53 bits per heavy atom. The molecule has 2 rings (SSSR count). The van der Waals surface area contributed by atoms with Crippen molar-refractivity contribution >= 4 is 11.6 Å². The van der Waals surface area contributed by atoms with Crippen LogP contribution in [0.4, 0.5) is 14.5 Å². The number of amides is 1. The Balaban J connectivity index is 2.04. The highest BCUT2D eigenvalue weighted by Crippen LogP contribution is 2.60. The number of nitrogens with one attached hydrogen (secondary N) is 1. The number of anilines is 1. The largest absolute Gasteiger partial charge is 0.481 e. The van der Waals surface area contributed by atoms with Gasteiger partial charge in [0.1, 0.15) is 5.41 Å². The molecule has 1 aliphatic carbocycles. The number of alkyl halides is 2. The van der Waals surface area contributed by atoms with Crippen molar-refractivity contribution in [2.24, 2.45) is 5.41 Å². The number of pyridine rings is 1. The number of aromatic nitrogens is 1. The smallest absolute Gasteiger partial charge is 0.263 e. The molecule has 1 N–H and O–H groups in total. The first-order valence-corrected chi connectivity index (χ1v) is 5.08. The summed E-state index contributed by atoms with van der Waals surface area (Å²) in [6.07, 6.45) is 0.954. The Hall–Kier alpha value is -1.72. The molecule has 0 spiro atoms. The van der Waals surface area contributed by atoms with Crippen LogP contribution in [0.15, 0.2) is 18.3 Å². The highest BCUT2D eigenvalue weighted by atomic mass is 19.3. The Morgan fingerprint density at radius 2 is 2.18 bits per heavy atom. The first kappa shape index (κ1) is 11.8. The maximum atomic E-state index is 13.0. The van der Waals surface area contributed by atoms with Crippen LogP contribution in [0.25, 0.3) is 0 Å². The van der Waals surface area contributed by atoms with Crippen molar-refractivity contribution in [2.75, 3.05) is 12.4 Å². The highest BCUT2D eigenvalue weighted by Gasteiger charge is 2.72. The molecule has 1 saturated carbocycles. The fraction of sp³-hybridized carbons (Fsp3) is 0.455. The van der Waals surface area contributed by atoms with Crippen molar-refractivity contribution < 1.29 is 18.3 Å². The molecular formula is C11H12F2N2O2. The van der Waals surface area contributed by atoms with E-state index < -0.39 is 23.7 Å². The van der Waals surface area contributed by atoms with Gasteiger partial charge in [0.15, 0.2) is 0 Å². The van der Waals surface area contributed by atoms with E-state index in [9.17, 15) is 13.6 Å². The van der Waals surface area contributed by atoms with Gasteiger partial charge in [0.25, 0.3) is 5.92 Å². The molecule has 6 heteroatoms. The second-order valence-corrected chi connectivity index (χ2v) is 4.26. The van der Waals surface area contributed by atoms with Crippen LogP contribution in [0.1, 0.15) is 13.3 Å². The molecular weight excluding hydrogens is 230 g/mol. The lowest BCUT2D eigenvalue weighted by atomic mass is 10.1. The zero-order valence-electron chi connectivity index (χ0n) is 9.46. The van der Waals surface area contributed by atoms with Crippen molar-refractivity contribution in [3.8, 4) is 5.88 Å². The lowest BCUT2D eigenvalue weighted by Gasteiger charge is -2.11. The second kappa shape index (κ2) is 3.65. The van der Waals surface area contributed by atoms with Gasteiger partial charge in [-0.3, -0.25) is 4.79 Å². The number of carbonyl (C=O) groups is 1. The lowest BCUT2D eigenvalue weighted by Crippen LogP contribution is -2.26. The SMILES string of the molecule is COc1ccc(NC(=O)C2(C)CC2(F)F)cn1. The van der Waals surface area contributed by atoms with Crippen LogP contribution in [0.3, 0.4) is 0 Å². The third-order valence-electron chi connectivity index (χ3n) is 2.96. The van der Waals surface area contributed by atoms with Crippen LogP contribution in [0.2, 0.25) is 0 Å². The highest BCUT2D eigenvalue weighted by molar-refractivity contribution is 5.98. The molecule has 0 radical (unpaired) electrons. The predicted molar refractivity (Wildman–Crippen MR) is 57.1 cm³/mol. The van der Waals surface area contributed by atoms with E-state index in [2.05, 4.69) is 10.3 Å². The fourth-order valence-corrected chi connectivity index (χ4v) is 1.49. The topological polar surface area (TPSA) is 51.2 Å². The van der Waals surface area contributed by atoms with Crippen molar-refractivity contribution in [3.63, 3.8) is 0 Å². The zero-order chi connectivity index (χ0) is 12.7. The third kappa shape index (κ3) is 1.94. The van der Waals surface area contributed by atoms with E-state index in [1.807, 2.05) is 0 Å². The van der Waals surface area contributed by atoms with Crippen LogP contribution in [-0.4, -0.2) is 23.9 Å². The van der Waals surface area contributed by atoms with Crippen molar-refractivity contribution in [1.29, 1.82) is 0 Å². The average Bonchev–Trinajstić information content (AvgIpc) is 2.81. The summed E-state index contributed by atoms with van der Waals surface area (Å²) < 4.78 is 30.8. The van der Waals surface area contributed by atoms with E-state index in [1.54, 1.807) is 12.1 Å². The van der Waals surface area contributed by atoms with E-state index in [4.69, 9.17) is 4.74 Å². The maximum absolute atomic E-state index is 13.0. The number of hydrogen-bond acceptors (Lipinski definition) is 3. The van der Waals surface area contributed by atoms with Crippen molar-refractivity contribution in [3.05, 3.63) is 18.3 Å². The van der Waals surface area contributed by atoms with Crippen LogP contribution < -0.4 is 10.1 Å². The van der Waals surface area contributed by atoms with E-state index in [0.717, 1.165) is 0 Å². The fourth-order valence-electron chi connectivity index (χ4n) is 1.49. The number of carbonyl (C=O) groups excluding carboxylic acids is 1. The molecule has 1 aromatic heterocycles.